The van der Waals surface area contributed by atoms with Crippen LogP contribution < -0.4 is 10.6 Å². The third-order valence-electron chi connectivity index (χ3n) is 5.11. The van der Waals surface area contributed by atoms with Crippen LogP contribution in [0.2, 0.25) is 0 Å². The van der Waals surface area contributed by atoms with Crippen LogP contribution in [0.3, 0.4) is 0 Å². The molecule has 1 atom stereocenters. The summed E-state index contributed by atoms with van der Waals surface area (Å²) in [5, 5.41) is 6.80. The summed E-state index contributed by atoms with van der Waals surface area (Å²) < 4.78 is 43.2. The van der Waals surface area contributed by atoms with Gasteiger partial charge >= 0.3 is 6.18 Å². The van der Waals surface area contributed by atoms with Gasteiger partial charge in [-0.1, -0.05) is 19.1 Å². The average molecular weight is 512 g/mol. The highest BCUT2D eigenvalue weighted by molar-refractivity contribution is 14.0. The highest BCUT2D eigenvalue weighted by atomic mass is 127. The lowest BCUT2D eigenvalue weighted by atomic mass is 9.89. The van der Waals surface area contributed by atoms with Crippen LogP contribution in [0.4, 0.5) is 13.2 Å². The molecular weight excluding hydrogens is 484 g/mol. The minimum absolute atomic E-state index is 0. The molecule has 2 saturated heterocycles. The van der Waals surface area contributed by atoms with E-state index in [4.69, 9.17) is 4.74 Å². The second-order valence-corrected chi connectivity index (χ2v) is 7.79. The maximum absolute atomic E-state index is 12.7. The first kappa shape index (κ1) is 23.2. The molecule has 0 amide bonds. The smallest absolute Gasteiger partial charge is 0.380 e. The molecule has 0 aliphatic carbocycles. The second kappa shape index (κ2) is 9.62. The van der Waals surface area contributed by atoms with E-state index in [2.05, 4.69) is 27.4 Å². The Bertz CT molecular complexity index is 662. The van der Waals surface area contributed by atoms with Crippen molar-refractivity contribution >= 4 is 29.9 Å². The Hall–Kier alpha value is -1.07. The largest absolute Gasteiger partial charge is 0.416 e. The molecule has 2 aliphatic heterocycles. The summed E-state index contributed by atoms with van der Waals surface area (Å²) in [5.74, 6) is 0.782. The molecule has 1 unspecified atom stereocenters. The number of guanidine groups is 1. The summed E-state index contributed by atoms with van der Waals surface area (Å²) in [6.07, 6.45) is -3.31. The van der Waals surface area contributed by atoms with E-state index < -0.39 is 11.7 Å². The van der Waals surface area contributed by atoms with E-state index in [0.29, 0.717) is 6.54 Å². The van der Waals surface area contributed by atoms with Crippen LogP contribution in [0, 0.1) is 5.41 Å². The van der Waals surface area contributed by atoms with Crippen molar-refractivity contribution in [2.24, 2.45) is 10.4 Å². The SMILES string of the molecule is CN=C(NCC1(C)COC1)NC1CCN(Cc2ccc(C(F)(F)F)cc2)C1.I. The topological polar surface area (TPSA) is 48.9 Å². The van der Waals surface area contributed by atoms with E-state index in [1.165, 1.54) is 0 Å². The minimum Gasteiger partial charge on any atom is -0.380 e. The van der Waals surface area contributed by atoms with E-state index in [1.54, 1.807) is 19.2 Å². The van der Waals surface area contributed by atoms with Gasteiger partial charge in [0.2, 0.25) is 0 Å². The lowest BCUT2D eigenvalue weighted by molar-refractivity contribution is -0.137. The summed E-state index contributed by atoms with van der Waals surface area (Å²) in [6.45, 7) is 6.91. The van der Waals surface area contributed by atoms with Crippen LogP contribution in [0.1, 0.15) is 24.5 Å². The van der Waals surface area contributed by atoms with Gasteiger partial charge < -0.3 is 15.4 Å². The third-order valence-corrected chi connectivity index (χ3v) is 5.11. The van der Waals surface area contributed by atoms with Gasteiger partial charge in [0, 0.05) is 44.7 Å². The molecule has 2 fully saturated rings. The molecule has 2 heterocycles. The van der Waals surface area contributed by atoms with Crippen LogP contribution in [-0.2, 0) is 17.5 Å². The normalized spacial score (nSPS) is 22.3. The van der Waals surface area contributed by atoms with Crippen LogP contribution in [0.5, 0.6) is 0 Å². The van der Waals surface area contributed by atoms with Crippen molar-refractivity contribution in [1.82, 2.24) is 15.5 Å². The van der Waals surface area contributed by atoms with Crippen LogP contribution in [0.15, 0.2) is 29.3 Å². The Balaban J connectivity index is 0.00000280. The van der Waals surface area contributed by atoms with Gasteiger partial charge in [0.25, 0.3) is 0 Å². The lowest BCUT2D eigenvalue weighted by Gasteiger charge is -2.38. The van der Waals surface area contributed by atoms with E-state index in [-0.39, 0.29) is 35.4 Å². The van der Waals surface area contributed by atoms with E-state index >= 15 is 0 Å². The lowest BCUT2D eigenvalue weighted by Crippen LogP contribution is -2.52. The molecule has 0 spiro atoms. The minimum atomic E-state index is -4.28. The Morgan fingerprint density at radius 1 is 1.29 bits per heavy atom. The van der Waals surface area contributed by atoms with Crippen LogP contribution >= 0.6 is 24.0 Å². The monoisotopic (exact) mass is 512 g/mol. The molecule has 0 radical (unpaired) electrons. The first-order valence-electron chi connectivity index (χ1n) is 9.21. The fourth-order valence-corrected chi connectivity index (χ4v) is 3.39. The number of hydrogen-bond donors (Lipinski definition) is 2. The molecule has 5 nitrogen and oxygen atoms in total. The van der Waals surface area contributed by atoms with Crippen molar-refractivity contribution in [3.05, 3.63) is 35.4 Å². The molecule has 0 saturated carbocycles. The molecular formula is C19H28F3IN4O. The van der Waals surface area contributed by atoms with Crippen molar-refractivity contribution in [3.8, 4) is 0 Å². The molecule has 0 aromatic heterocycles. The fourth-order valence-electron chi connectivity index (χ4n) is 3.39. The number of ether oxygens (including phenoxy) is 1. The first-order chi connectivity index (χ1) is 12.8. The fraction of sp³-hybridized carbons (Fsp3) is 0.632. The van der Waals surface area contributed by atoms with E-state index in [1.807, 2.05) is 0 Å². The van der Waals surface area contributed by atoms with Crippen molar-refractivity contribution < 1.29 is 17.9 Å². The number of hydrogen-bond acceptors (Lipinski definition) is 3. The highest BCUT2D eigenvalue weighted by Crippen LogP contribution is 2.29. The van der Waals surface area contributed by atoms with Crippen molar-refractivity contribution in [1.29, 1.82) is 0 Å². The zero-order chi connectivity index (χ0) is 19.5. The summed E-state index contributed by atoms with van der Waals surface area (Å²) >= 11 is 0. The number of likely N-dealkylation sites (tertiary alicyclic amines) is 1. The molecule has 2 N–H and O–H groups in total. The highest BCUT2D eigenvalue weighted by Gasteiger charge is 2.33. The van der Waals surface area contributed by atoms with Gasteiger partial charge in [-0.3, -0.25) is 9.89 Å². The number of benzene rings is 1. The Morgan fingerprint density at radius 2 is 1.96 bits per heavy atom. The van der Waals surface area contributed by atoms with Gasteiger partial charge in [0.05, 0.1) is 18.8 Å². The van der Waals surface area contributed by atoms with Gasteiger partial charge in [0.1, 0.15) is 0 Å². The average Bonchev–Trinajstić information content (AvgIpc) is 3.03. The maximum atomic E-state index is 12.7. The zero-order valence-electron chi connectivity index (χ0n) is 16.2. The summed E-state index contributed by atoms with van der Waals surface area (Å²) in [4.78, 5) is 6.53. The summed E-state index contributed by atoms with van der Waals surface area (Å²) in [6, 6.07) is 5.70. The molecule has 3 rings (SSSR count). The summed E-state index contributed by atoms with van der Waals surface area (Å²) in [7, 11) is 1.75. The van der Waals surface area contributed by atoms with Gasteiger partial charge in [-0.05, 0) is 24.1 Å². The molecule has 28 heavy (non-hydrogen) atoms. The number of alkyl halides is 3. The Morgan fingerprint density at radius 3 is 2.50 bits per heavy atom. The summed E-state index contributed by atoms with van der Waals surface area (Å²) in [5.41, 5.74) is 0.457. The zero-order valence-corrected chi connectivity index (χ0v) is 18.5. The second-order valence-electron chi connectivity index (χ2n) is 7.79. The molecule has 0 bridgehead atoms. The molecule has 1 aromatic rings. The third kappa shape index (κ3) is 6.21. The van der Waals surface area contributed by atoms with E-state index in [9.17, 15) is 13.2 Å². The maximum Gasteiger partial charge on any atom is 0.416 e. The van der Waals surface area contributed by atoms with Crippen LogP contribution in [0.25, 0.3) is 0 Å². The molecule has 1 aromatic carbocycles. The number of halogens is 4. The predicted molar refractivity (Wildman–Crippen MR) is 114 cm³/mol. The number of rotatable bonds is 5. The van der Waals surface area contributed by atoms with Gasteiger partial charge in [-0.15, -0.1) is 24.0 Å². The molecule has 2 aliphatic rings. The number of nitrogens with zero attached hydrogens (tertiary/aromatic N) is 2. The molecule has 158 valence electrons. The van der Waals surface area contributed by atoms with Crippen LogP contribution in [-0.4, -0.2) is 56.8 Å². The number of aliphatic imine (C=N–C) groups is 1. The van der Waals surface area contributed by atoms with E-state index in [0.717, 1.165) is 62.9 Å². The van der Waals surface area contributed by atoms with Crippen molar-refractivity contribution in [2.75, 3.05) is 39.9 Å². The van der Waals surface area contributed by atoms with Crippen molar-refractivity contribution in [3.63, 3.8) is 0 Å². The van der Waals surface area contributed by atoms with Gasteiger partial charge in [-0.2, -0.15) is 13.2 Å². The Labute approximate surface area is 181 Å². The quantitative estimate of drug-likeness (QED) is 0.362. The standard InChI is InChI=1S/C19H27F3N4O.HI/c1-18(12-27-13-18)11-24-17(23-2)25-16-7-8-26(10-16)9-14-3-5-15(6-4-14)19(20,21)22;/h3-6,16H,7-13H2,1-2H3,(H2,23,24,25);1H. The van der Waals surface area contributed by atoms with Gasteiger partial charge in [0.15, 0.2) is 5.96 Å². The molecule has 9 heteroatoms. The first-order valence-corrected chi connectivity index (χ1v) is 9.21. The Kier molecular flexibility index (Phi) is 7.97. The van der Waals surface area contributed by atoms with Crippen molar-refractivity contribution in [2.45, 2.75) is 32.1 Å². The predicted octanol–water partition coefficient (Wildman–Crippen LogP) is 3.10. The number of nitrogens with one attached hydrogen (secondary N) is 2. The van der Waals surface area contributed by atoms with Gasteiger partial charge in [-0.25, -0.2) is 0 Å².